The minimum Gasteiger partial charge on any atom is -0.383 e. The number of allylic oxidation sites excluding steroid dienone is 1. The van der Waals surface area contributed by atoms with E-state index >= 15 is 0 Å². The summed E-state index contributed by atoms with van der Waals surface area (Å²) in [6, 6.07) is 0.0826. The van der Waals surface area contributed by atoms with Crippen LogP contribution in [0.1, 0.15) is 48.0 Å². The van der Waals surface area contributed by atoms with Gasteiger partial charge in [0.25, 0.3) is 7.52 Å². The molecule has 1 fully saturated rings. The summed E-state index contributed by atoms with van der Waals surface area (Å²) >= 11 is 0. The maximum Gasteiger partial charge on any atom is 0.292 e. The molecule has 29 heavy (non-hydrogen) atoms. The molecule has 0 aromatic heterocycles. The summed E-state index contributed by atoms with van der Waals surface area (Å²) in [4.78, 5) is 11.8. The Labute approximate surface area is 191 Å². The van der Waals surface area contributed by atoms with Crippen LogP contribution in [-0.2, 0) is 35.1 Å². The van der Waals surface area contributed by atoms with E-state index in [1.807, 2.05) is 0 Å². The van der Waals surface area contributed by atoms with Crippen LogP contribution < -0.4 is 10.4 Å². The van der Waals surface area contributed by atoms with Gasteiger partial charge in [0.1, 0.15) is 13.1 Å². The first-order valence-corrected chi connectivity index (χ1v) is 11.7. The third-order valence-electron chi connectivity index (χ3n) is 5.10. The fourth-order valence-electron chi connectivity index (χ4n) is 3.15. The minimum absolute atomic E-state index is 0. The van der Waals surface area contributed by atoms with Crippen molar-refractivity contribution in [3.05, 3.63) is 24.6 Å². The molecule has 1 aliphatic heterocycles. The summed E-state index contributed by atoms with van der Waals surface area (Å²) in [6.07, 6.45) is 0.420. The van der Waals surface area contributed by atoms with Gasteiger partial charge in [0.05, 0.1) is 12.1 Å². The molecule has 0 aliphatic carbocycles. The minimum atomic E-state index is -3.44. The van der Waals surface area contributed by atoms with Crippen molar-refractivity contribution in [2.24, 2.45) is 11.8 Å². The van der Waals surface area contributed by atoms with E-state index in [1.165, 1.54) is 7.05 Å². The van der Waals surface area contributed by atoms with E-state index in [9.17, 15) is 9.46 Å². The predicted octanol–water partition coefficient (Wildman–Crippen LogP) is 3.49. The van der Waals surface area contributed by atoms with Crippen LogP contribution in [0.5, 0.6) is 0 Å². The zero-order valence-corrected chi connectivity index (χ0v) is 22.9. The smallest absolute Gasteiger partial charge is 0.292 e. The zero-order chi connectivity index (χ0) is 21.7. The maximum absolute atomic E-state index is 11.6. The summed E-state index contributed by atoms with van der Waals surface area (Å²) in [5.41, 5.74) is 1.95. The van der Waals surface area contributed by atoms with Crippen molar-refractivity contribution in [1.29, 1.82) is 0 Å². The first-order chi connectivity index (χ1) is 12.8. The SMILES string of the molecule is C=C(NC(C)(C)C)C1CC(OCOCP(=O)(O)NC)CN1C(=C)C(C)C(C)C.[W]. The van der Waals surface area contributed by atoms with E-state index in [2.05, 4.69) is 70.0 Å². The molecular formula is C20H40N3O4PW. The fourth-order valence-corrected chi connectivity index (χ4v) is 3.60. The van der Waals surface area contributed by atoms with Crippen LogP contribution in [0.4, 0.5) is 0 Å². The summed E-state index contributed by atoms with van der Waals surface area (Å²) in [6.45, 7) is 22.2. The molecule has 4 unspecified atom stereocenters. The quantitative estimate of drug-likeness (QED) is 0.190. The molecule has 0 saturated carbocycles. The van der Waals surface area contributed by atoms with Gasteiger partial charge in [-0.3, -0.25) is 4.57 Å². The molecular weight excluding hydrogens is 561 g/mol. The third kappa shape index (κ3) is 9.67. The molecule has 1 heterocycles. The average molecular weight is 601 g/mol. The molecule has 1 aliphatic rings. The summed E-state index contributed by atoms with van der Waals surface area (Å²) < 4.78 is 22.6. The number of likely N-dealkylation sites (tertiary alicyclic amines) is 1. The molecule has 0 spiro atoms. The third-order valence-corrected chi connectivity index (χ3v) is 6.33. The molecule has 0 aromatic carbocycles. The Morgan fingerprint density at radius 1 is 1.31 bits per heavy atom. The Bertz CT molecular complexity index is 595. The van der Waals surface area contributed by atoms with Gasteiger partial charge in [-0.1, -0.05) is 33.9 Å². The van der Waals surface area contributed by atoms with Gasteiger partial charge >= 0.3 is 0 Å². The molecule has 0 radical (unpaired) electrons. The van der Waals surface area contributed by atoms with Gasteiger partial charge in [-0.2, -0.15) is 0 Å². The zero-order valence-electron chi connectivity index (χ0n) is 19.0. The van der Waals surface area contributed by atoms with E-state index in [0.717, 1.165) is 17.8 Å². The van der Waals surface area contributed by atoms with Crippen LogP contribution in [0.2, 0.25) is 0 Å². The Kier molecular flexibility index (Phi) is 12.0. The standard InChI is InChI=1S/C20H40N3O4P.W/c1-14(2)15(3)17(5)23-11-18(27-12-26-13-28(24,25)21-9)10-19(23)16(4)22-20(6,7)8;/h14-15,18-19,22H,4-5,10-13H2,1-3,6-9H3,(H2,21,24,25);. The predicted molar refractivity (Wildman–Crippen MR) is 115 cm³/mol. The number of nitrogens with one attached hydrogen (secondary N) is 2. The second-order valence-electron chi connectivity index (χ2n) is 8.99. The van der Waals surface area contributed by atoms with E-state index in [0.29, 0.717) is 18.4 Å². The van der Waals surface area contributed by atoms with Gasteiger partial charge in [-0.25, -0.2) is 5.09 Å². The molecule has 0 amide bonds. The molecule has 1 rings (SSSR count). The molecule has 9 heteroatoms. The van der Waals surface area contributed by atoms with E-state index in [-0.39, 0.29) is 51.9 Å². The molecule has 7 nitrogen and oxygen atoms in total. The molecule has 3 N–H and O–H groups in total. The van der Waals surface area contributed by atoms with E-state index < -0.39 is 7.52 Å². The van der Waals surface area contributed by atoms with Crippen molar-refractivity contribution < 1.29 is 40.0 Å². The molecule has 170 valence electrons. The maximum atomic E-state index is 11.6. The second-order valence-corrected chi connectivity index (χ2v) is 11.1. The second kappa shape index (κ2) is 12.0. The van der Waals surface area contributed by atoms with Crippen LogP contribution in [0.15, 0.2) is 24.6 Å². The van der Waals surface area contributed by atoms with Crippen LogP contribution in [-0.4, -0.2) is 54.2 Å². The Balaban J connectivity index is 0.00000784. The van der Waals surface area contributed by atoms with Crippen molar-refractivity contribution >= 4 is 7.52 Å². The van der Waals surface area contributed by atoms with Gasteiger partial charge in [-0.05, 0) is 39.7 Å². The average Bonchev–Trinajstić information content (AvgIpc) is 3.00. The number of hydrogen-bond donors (Lipinski definition) is 3. The van der Waals surface area contributed by atoms with Gasteiger partial charge in [-0.15, -0.1) is 0 Å². The number of ether oxygens (including phenoxy) is 2. The molecule has 0 aromatic rings. The van der Waals surface area contributed by atoms with Crippen LogP contribution in [0, 0.1) is 11.8 Å². The largest absolute Gasteiger partial charge is 0.383 e. The van der Waals surface area contributed by atoms with Crippen molar-refractivity contribution in [2.75, 3.05) is 26.7 Å². The summed E-state index contributed by atoms with van der Waals surface area (Å²) in [7, 11) is -2.01. The number of hydrogen-bond acceptors (Lipinski definition) is 5. The van der Waals surface area contributed by atoms with E-state index in [4.69, 9.17) is 9.47 Å². The summed E-state index contributed by atoms with van der Waals surface area (Å²) in [5, 5.41) is 5.84. The summed E-state index contributed by atoms with van der Waals surface area (Å²) in [5.74, 6) is 0.830. The Morgan fingerprint density at radius 3 is 2.38 bits per heavy atom. The van der Waals surface area contributed by atoms with Crippen molar-refractivity contribution in [1.82, 2.24) is 15.3 Å². The molecule has 4 atom stereocenters. The van der Waals surface area contributed by atoms with Gasteiger partial charge in [0, 0.05) is 51.0 Å². The Morgan fingerprint density at radius 2 is 1.90 bits per heavy atom. The molecule has 1 saturated heterocycles. The fraction of sp³-hybridized carbons (Fsp3) is 0.800. The van der Waals surface area contributed by atoms with Gasteiger partial charge < -0.3 is 24.6 Å². The van der Waals surface area contributed by atoms with Crippen molar-refractivity contribution in [2.45, 2.75) is 65.6 Å². The van der Waals surface area contributed by atoms with Crippen LogP contribution >= 0.6 is 7.52 Å². The van der Waals surface area contributed by atoms with Crippen LogP contribution in [0.25, 0.3) is 0 Å². The number of rotatable bonds is 11. The first kappa shape index (κ1) is 28.8. The Hall–Kier alpha value is -0.162. The number of nitrogens with zero attached hydrogens (tertiary/aromatic N) is 1. The van der Waals surface area contributed by atoms with E-state index in [1.54, 1.807) is 0 Å². The monoisotopic (exact) mass is 601 g/mol. The van der Waals surface area contributed by atoms with Crippen LogP contribution in [0.3, 0.4) is 0 Å². The molecule has 0 bridgehead atoms. The van der Waals surface area contributed by atoms with Gasteiger partial charge in [0.15, 0.2) is 0 Å². The topological polar surface area (TPSA) is 83.1 Å². The van der Waals surface area contributed by atoms with Gasteiger partial charge in [0.2, 0.25) is 0 Å². The van der Waals surface area contributed by atoms with Crippen molar-refractivity contribution in [3.8, 4) is 0 Å². The normalized spacial score (nSPS) is 22.7. The first-order valence-electron chi connectivity index (χ1n) is 9.90. The van der Waals surface area contributed by atoms with Crippen molar-refractivity contribution in [3.63, 3.8) is 0 Å².